The van der Waals surface area contributed by atoms with Gasteiger partial charge in [-0.15, -0.1) is 0 Å². The second-order valence-electron chi connectivity index (χ2n) is 7.09. The first-order chi connectivity index (χ1) is 11.8. The number of aromatic nitrogens is 3. The maximum Gasteiger partial charge on any atom is 0.225 e. The summed E-state index contributed by atoms with van der Waals surface area (Å²) in [5, 5.41) is 14.5. The van der Waals surface area contributed by atoms with Crippen LogP contribution in [0.5, 0.6) is 0 Å². The summed E-state index contributed by atoms with van der Waals surface area (Å²) in [7, 11) is 0. The van der Waals surface area contributed by atoms with Crippen LogP contribution in [0.25, 0.3) is 5.69 Å². The molecule has 1 amide bonds. The van der Waals surface area contributed by atoms with Gasteiger partial charge in [-0.3, -0.25) is 4.79 Å². The van der Waals surface area contributed by atoms with Crippen LogP contribution in [0.3, 0.4) is 0 Å². The van der Waals surface area contributed by atoms with Crippen molar-refractivity contribution in [2.24, 2.45) is 11.5 Å². The van der Waals surface area contributed by atoms with Crippen molar-refractivity contribution in [3.05, 3.63) is 41.5 Å². The first-order valence-electron chi connectivity index (χ1n) is 8.63. The molecule has 1 aliphatic rings. The molecule has 5 N–H and O–H groups in total. The molecule has 7 nitrogen and oxygen atoms in total. The van der Waals surface area contributed by atoms with E-state index in [0.29, 0.717) is 24.6 Å². The minimum absolute atomic E-state index is 0.00361. The largest absolute Gasteiger partial charge is 0.391 e. The Morgan fingerprint density at radius 3 is 2.52 bits per heavy atom. The predicted octanol–water partition coefficient (Wildman–Crippen LogP) is 0.984. The Balaban J connectivity index is 1.98. The van der Waals surface area contributed by atoms with Crippen molar-refractivity contribution in [2.75, 3.05) is 0 Å². The minimum Gasteiger partial charge on any atom is -0.391 e. The Kier molecular flexibility index (Phi) is 4.87. The van der Waals surface area contributed by atoms with Crippen molar-refractivity contribution in [3.63, 3.8) is 0 Å². The van der Waals surface area contributed by atoms with Crippen molar-refractivity contribution < 1.29 is 9.90 Å². The summed E-state index contributed by atoms with van der Waals surface area (Å²) in [5.74, 6) is 1.09. The maximum atomic E-state index is 11.2. The number of rotatable bonds is 5. The first kappa shape index (κ1) is 17.6. The van der Waals surface area contributed by atoms with Crippen LogP contribution in [-0.2, 0) is 11.2 Å². The van der Waals surface area contributed by atoms with Crippen LogP contribution in [0.2, 0.25) is 0 Å². The van der Waals surface area contributed by atoms with Gasteiger partial charge in [-0.1, -0.05) is 26.0 Å². The van der Waals surface area contributed by atoms with Gasteiger partial charge < -0.3 is 16.6 Å². The molecule has 7 heteroatoms. The normalized spacial score (nSPS) is 23.3. The molecule has 0 saturated heterocycles. The van der Waals surface area contributed by atoms with Crippen LogP contribution in [0, 0.1) is 0 Å². The lowest BCUT2D eigenvalue weighted by Crippen LogP contribution is -2.28. The maximum absolute atomic E-state index is 11.2. The summed E-state index contributed by atoms with van der Waals surface area (Å²) in [4.78, 5) is 15.8. The van der Waals surface area contributed by atoms with E-state index >= 15 is 0 Å². The Morgan fingerprint density at radius 1 is 1.32 bits per heavy atom. The highest BCUT2D eigenvalue weighted by molar-refractivity contribution is 5.75. The number of nitrogens with two attached hydrogens (primary N) is 2. The molecule has 0 spiro atoms. The van der Waals surface area contributed by atoms with Crippen LogP contribution in [0.1, 0.15) is 55.7 Å². The fourth-order valence-electron chi connectivity index (χ4n) is 3.31. The number of carbonyl (C=O) groups excluding carboxylic acids is 1. The van der Waals surface area contributed by atoms with Gasteiger partial charge in [-0.25, -0.2) is 9.67 Å². The molecule has 0 bridgehead atoms. The molecule has 25 heavy (non-hydrogen) atoms. The molecule has 0 aliphatic heterocycles. The summed E-state index contributed by atoms with van der Waals surface area (Å²) in [5.41, 5.74) is 13.3. The molecular weight excluding hydrogens is 318 g/mol. The van der Waals surface area contributed by atoms with E-state index in [4.69, 9.17) is 11.5 Å². The average molecular weight is 343 g/mol. The number of amides is 1. The molecule has 1 aliphatic carbocycles. The van der Waals surface area contributed by atoms with Crippen molar-refractivity contribution in [2.45, 2.75) is 57.1 Å². The molecule has 1 saturated carbocycles. The third-order valence-corrected chi connectivity index (χ3v) is 4.75. The molecule has 1 aromatic heterocycles. The molecule has 1 aromatic carbocycles. The quantitative estimate of drug-likeness (QED) is 0.747. The molecule has 3 atom stereocenters. The third-order valence-electron chi connectivity index (χ3n) is 4.75. The van der Waals surface area contributed by atoms with Crippen molar-refractivity contribution in [1.29, 1.82) is 0 Å². The van der Waals surface area contributed by atoms with Gasteiger partial charge in [0.2, 0.25) is 5.91 Å². The third kappa shape index (κ3) is 3.72. The number of carbonyl (C=O) groups is 1. The second-order valence-corrected chi connectivity index (χ2v) is 7.09. The van der Waals surface area contributed by atoms with E-state index in [2.05, 4.69) is 36.1 Å². The van der Waals surface area contributed by atoms with E-state index in [-0.39, 0.29) is 18.4 Å². The fourth-order valence-corrected chi connectivity index (χ4v) is 3.31. The molecule has 0 unspecified atom stereocenters. The van der Waals surface area contributed by atoms with Crippen LogP contribution < -0.4 is 11.5 Å². The van der Waals surface area contributed by atoms with Crippen LogP contribution >= 0.6 is 0 Å². The molecular formula is C18H25N5O2. The first-order valence-corrected chi connectivity index (χ1v) is 8.63. The van der Waals surface area contributed by atoms with E-state index in [1.165, 1.54) is 5.56 Å². The van der Waals surface area contributed by atoms with E-state index in [1.807, 2.05) is 12.1 Å². The zero-order valence-electron chi connectivity index (χ0n) is 14.6. The second kappa shape index (κ2) is 6.93. The summed E-state index contributed by atoms with van der Waals surface area (Å²) in [6, 6.07) is 7.85. The summed E-state index contributed by atoms with van der Waals surface area (Å²) in [6.45, 7) is 4.28. The van der Waals surface area contributed by atoms with Gasteiger partial charge >= 0.3 is 0 Å². The highest BCUT2D eigenvalue weighted by atomic mass is 16.3. The van der Waals surface area contributed by atoms with Gasteiger partial charge in [0.25, 0.3) is 0 Å². The van der Waals surface area contributed by atoms with Crippen molar-refractivity contribution in [3.8, 4) is 5.69 Å². The van der Waals surface area contributed by atoms with Gasteiger partial charge in [-0.05, 0) is 36.5 Å². The lowest BCUT2D eigenvalue weighted by Gasteiger charge is -2.12. The SMILES string of the molecule is CC(C)c1ccc(-n2nc(CC(N)=O)nc2[C@H]2C[C@@H](N)[C@H](O)C2)cc1. The molecule has 3 rings (SSSR count). The lowest BCUT2D eigenvalue weighted by atomic mass is 10.0. The summed E-state index contributed by atoms with van der Waals surface area (Å²) < 4.78 is 1.75. The Hall–Kier alpha value is -2.25. The fraction of sp³-hybridized carbons (Fsp3) is 0.500. The number of nitrogens with zero attached hydrogens (tertiary/aromatic N) is 3. The standard InChI is InChI=1S/C18H25N5O2/c1-10(2)11-3-5-13(6-4-11)23-18(12-7-14(19)15(24)8-12)21-17(22-23)9-16(20)25/h3-6,10,12,14-15,24H,7-9,19H2,1-2H3,(H2,20,25)/t12-,14+,15+/m0/s1. The predicted molar refractivity (Wildman–Crippen MR) is 94.3 cm³/mol. The van der Waals surface area contributed by atoms with Gasteiger partial charge in [-0.2, -0.15) is 5.10 Å². The van der Waals surface area contributed by atoms with Crippen LogP contribution in [-0.4, -0.2) is 37.9 Å². The molecule has 0 radical (unpaired) electrons. The van der Waals surface area contributed by atoms with E-state index < -0.39 is 12.0 Å². The topological polar surface area (TPSA) is 120 Å². The number of hydrogen-bond donors (Lipinski definition) is 3. The van der Waals surface area contributed by atoms with Crippen LogP contribution in [0.4, 0.5) is 0 Å². The number of benzene rings is 1. The van der Waals surface area contributed by atoms with Crippen molar-refractivity contribution in [1.82, 2.24) is 14.8 Å². The molecule has 2 aromatic rings. The average Bonchev–Trinajstić information content (AvgIpc) is 3.11. The molecule has 1 fully saturated rings. The van der Waals surface area contributed by atoms with E-state index in [0.717, 1.165) is 11.5 Å². The Labute approximate surface area is 147 Å². The Bertz CT molecular complexity index is 743. The van der Waals surface area contributed by atoms with Gasteiger partial charge in [0.05, 0.1) is 18.2 Å². The monoisotopic (exact) mass is 343 g/mol. The van der Waals surface area contributed by atoms with E-state index in [1.54, 1.807) is 4.68 Å². The lowest BCUT2D eigenvalue weighted by molar-refractivity contribution is -0.117. The van der Waals surface area contributed by atoms with E-state index in [9.17, 15) is 9.90 Å². The smallest absolute Gasteiger partial charge is 0.225 e. The molecule has 1 heterocycles. The zero-order chi connectivity index (χ0) is 18.1. The summed E-state index contributed by atoms with van der Waals surface area (Å²) >= 11 is 0. The zero-order valence-corrected chi connectivity index (χ0v) is 14.6. The highest BCUT2D eigenvalue weighted by Crippen LogP contribution is 2.34. The number of aliphatic hydroxyl groups excluding tert-OH is 1. The Morgan fingerprint density at radius 2 is 2.00 bits per heavy atom. The van der Waals surface area contributed by atoms with Crippen molar-refractivity contribution >= 4 is 5.91 Å². The van der Waals surface area contributed by atoms with Crippen LogP contribution in [0.15, 0.2) is 24.3 Å². The van der Waals surface area contributed by atoms with Gasteiger partial charge in [0.15, 0.2) is 5.82 Å². The van der Waals surface area contributed by atoms with Gasteiger partial charge in [0.1, 0.15) is 5.82 Å². The number of primary amides is 1. The number of aliphatic hydroxyl groups is 1. The number of hydrogen-bond acceptors (Lipinski definition) is 5. The van der Waals surface area contributed by atoms with Gasteiger partial charge in [0, 0.05) is 12.0 Å². The minimum atomic E-state index is -0.543. The summed E-state index contributed by atoms with van der Waals surface area (Å²) in [6.07, 6.45) is 0.628. The molecule has 134 valence electrons. The highest BCUT2D eigenvalue weighted by Gasteiger charge is 2.35.